The Morgan fingerprint density at radius 3 is 2.29 bits per heavy atom. The van der Waals surface area contributed by atoms with Crippen molar-refractivity contribution in [1.29, 1.82) is 0 Å². The van der Waals surface area contributed by atoms with Gasteiger partial charge in [-0.05, 0) is 28.7 Å². The molecule has 6 nitrogen and oxygen atoms in total. The molecule has 0 saturated heterocycles. The highest BCUT2D eigenvalue weighted by Gasteiger charge is 2.33. The highest BCUT2D eigenvalue weighted by Crippen LogP contribution is 2.24. The molecule has 0 spiro atoms. The maximum atomic E-state index is 11.9. The minimum Gasteiger partial charge on any atom is -0.399 e. The molecule has 0 radical (unpaired) electrons. The van der Waals surface area contributed by atoms with E-state index in [1.807, 2.05) is 0 Å². The molecule has 0 aromatic carbocycles. The first-order valence-electron chi connectivity index (χ1n) is 3.72. The number of aromatic amines is 1. The van der Waals surface area contributed by atoms with Crippen molar-refractivity contribution >= 4 is 32.6 Å². The van der Waals surface area contributed by atoms with Crippen LogP contribution in [0.15, 0.2) is 15.9 Å². The van der Waals surface area contributed by atoms with E-state index in [0.717, 1.165) is 6.07 Å². The third-order valence-corrected chi connectivity index (χ3v) is 3.08. The fourth-order valence-electron chi connectivity index (χ4n) is 0.858. The summed E-state index contributed by atoms with van der Waals surface area (Å²) in [4.78, 5) is 12.9. The summed E-state index contributed by atoms with van der Waals surface area (Å²) in [6.45, 7) is 0. The molecule has 1 heterocycles. The van der Waals surface area contributed by atoms with Gasteiger partial charge < -0.3 is 9.72 Å². The second-order valence-electron chi connectivity index (χ2n) is 2.73. The van der Waals surface area contributed by atoms with E-state index >= 15 is 0 Å². The number of pyridine rings is 1. The average molecular weight is 384 g/mol. The Morgan fingerprint density at radius 2 is 1.94 bits per heavy atom. The topological polar surface area (TPSA) is 102 Å². The normalized spacial score (nSPS) is 12.5. The van der Waals surface area contributed by atoms with Gasteiger partial charge in [-0.15, -0.1) is 13.2 Å². The van der Waals surface area contributed by atoms with E-state index in [1.54, 1.807) is 4.98 Å². The van der Waals surface area contributed by atoms with Gasteiger partial charge in [-0.3, -0.25) is 4.79 Å². The number of hydrogen-bond acceptors (Lipinski definition) is 4. The first-order valence-corrected chi connectivity index (χ1v) is 6.34. The molecule has 1 aromatic rings. The Bertz CT molecular complexity index is 594. The quantitative estimate of drug-likeness (QED) is 0.727. The van der Waals surface area contributed by atoms with Crippen LogP contribution in [0.3, 0.4) is 0 Å². The Balaban J connectivity index is 3.36. The molecule has 1 rings (SSSR count). The third-order valence-electron chi connectivity index (χ3n) is 1.44. The van der Waals surface area contributed by atoms with Gasteiger partial charge in [-0.25, -0.2) is 13.6 Å². The minimum absolute atomic E-state index is 0.326. The number of H-pyrrole nitrogens is 1. The summed E-state index contributed by atoms with van der Waals surface area (Å²) in [6.07, 6.45) is -5.05. The van der Waals surface area contributed by atoms with Gasteiger partial charge in [-0.1, -0.05) is 0 Å². The van der Waals surface area contributed by atoms with E-state index in [2.05, 4.69) is 4.74 Å². The lowest BCUT2D eigenvalue weighted by atomic mass is 10.4. The van der Waals surface area contributed by atoms with Gasteiger partial charge in [0.05, 0.1) is 3.57 Å². The average Bonchev–Trinajstić information content (AvgIpc) is 2.07. The van der Waals surface area contributed by atoms with Crippen LogP contribution in [0.2, 0.25) is 0 Å². The zero-order chi connectivity index (χ0) is 13.4. The third kappa shape index (κ3) is 3.85. The predicted octanol–water partition coefficient (Wildman–Crippen LogP) is 0.526. The SMILES string of the molecule is NS(=O)(=O)c1cc(I)c(OC(F)(F)F)c(=O)[nH]1. The summed E-state index contributed by atoms with van der Waals surface area (Å²) in [5.74, 6) is -1.04. The number of aromatic nitrogens is 1. The molecule has 0 saturated carbocycles. The van der Waals surface area contributed by atoms with Crippen LogP contribution in [0.25, 0.3) is 0 Å². The number of sulfonamides is 1. The molecule has 1 aromatic heterocycles. The molecule has 96 valence electrons. The van der Waals surface area contributed by atoms with Gasteiger partial charge in [0, 0.05) is 0 Å². The van der Waals surface area contributed by atoms with Crippen molar-refractivity contribution in [2.45, 2.75) is 11.4 Å². The van der Waals surface area contributed by atoms with Crippen LogP contribution < -0.4 is 15.4 Å². The van der Waals surface area contributed by atoms with Crippen LogP contribution in [-0.2, 0) is 10.0 Å². The fourth-order valence-corrected chi connectivity index (χ4v) is 2.25. The van der Waals surface area contributed by atoms with Crippen LogP contribution in [0.4, 0.5) is 13.2 Å². The fraction of sp³-hybridized carbons (Fsp3) is 0.167. The lowest BCUT2D eigenvalue weighted by molar-refractivity contribution is -0.275. The van der Waals surface area contributed by atoms with E-state index < -0.39 is 32.7 Å². The van der Waals surface area contributed by atoms with Gasteiger partial charge in [0.2, 0.25) is 5.75 Å². The number of hydrogen-bond donors (Lipinski definition) is 2. The number of halogens is 4. The van der Waals surface area contributed by atoms with E-state index in [4.69, 9.17) is 5.14 Å². The number of rotatable bonds is 2. The first kappa shape index (κ1) is 14.2. The summed E-state index contributed by atoms with van der Waals surface area (Å²) in [5, 5.41) is 4.01. The summed E-state index contributed by atoms with van der Waals surface area (Å²) in [6, 6.07) is 0.762. The highest BCUT2D eigenvalue weighted by molar-refractivity contribution is 14.1. The summed E-state index contributed by atoms with van der Waals surface area (Å²) in [5.41, 5.74) is -1.33. The summed E-state index contributed by atoms with van der Waals surface area (Å²) < 4.78 is 60.6. The van der Waals surface area contributed by atoms with E-state index in [9.17, 15) is 26.4 Å². The highest BCUT2D eigenvalue weighted by atomic mass is 127. The van der Waals surface area contributed by atoms with Crippen molar-refractivity contribution in [3.63, 3.8) is 0 Å². The summed E-state index contributed by atoms with van der Waals surface area (Å²) >= 11 is 1.33. The van der Waals surface area contributed by atoms with Gasteiger partial charge >= 0.3 is 6.36 Å². The molecule has 0 unspecified atom stereocenters. The van der Waals surface area contributed by atoms with Crippen LogP contribution in [0.5, 0.6) is 5.75 Å². The molecule has 0 amide bonds. The molecule has 0 fully saturated rings. The minimum atomic E-state index is -5.05. The van der Waals surface area contributed by atoms with Crippen LogP contribution in [-0.4, -0.2) is 19.8 Å². The lowest BCUT2D eigenvalue weighted by Gasteiger charge is -2.10. The molecule has 0 atom stereocenters. The molecule has 0 aliphatic carbocycles. The van der Waals surface area contributed by atoms with E-state index in [1.165, 1.54) is 22.6 Å². The number of primary sulfonamides is 1. The smallest absolute Gasteiger partial charge is 0.399 e. The van der Waals surface area contributed by atoms with E-state index in [-0.39, 0.29) is 3.57 Å². The van der Waals surface area contributed by atoms with Crippen molar-refractivity contribution in [1.82, 2.24) is 4.98 Å². The zero-order valence-electron chi connectivity index (χ0n) is 7.71. The first-order chi connectivity index (χ1) is 7.50. The van der Waals surface area contributed by atoms with Gasteiger partial charge in [0.1, 0.15) is 0 Å². The zero-order valence-corrected chi connectivity index (χ0v) is 10.7. The second kappa shape index (κ2) is 4.45. The molecular formula is C6H4F3IN2O4S. The number of nitrogens with one attached hydrogen (secondary N) is 1. The molecule has 3 N–H and O–H groups in total. The van der Waals surface area contributed by atoms with Crippen LogP contribution >= 0.6 is 22.6 Å². The Hall–Kier alpha value is -0.820. The monoisotopic (exact) mass is 384 g/mol. The summed E-state index contributed by atoms with van der Waals surface area (Å²) in [7, 11) is -4.21. The van der Waals surface area contributed by atoms with Crippen LogP contribution in [0.1, 0.15) is 0 Å². The Morgan fingerprint density at radius 1 is 1.41 bits per heavy atom. The molecular weight excluding hydrogens is 380 g/mol. The number of ether oxygens (including phenoxy) is 1. The Labute approximate surface area is 106 Å². The van der Waals surface area contributed by atoms with Crippen molar-refractivity contribution in [2.24, 2.45) is 5.14 Å². The van der Waals surface area contributed by atoms with Crippen molar-refractivity contribution < 1.29 is 26.3 Å². The van der Waals surface area contributed by atoms with Crippen LogP contribution in [0, 0.1) is 3.57 Å². The molecule has 17 heavy (non-hydrogen) atoms. The largest absolute Gasteiger partial charge is 0.573 e. The predicted molar refractivity (Wildman–Crippen MR) is 57.8 cm³/mol. The molecule has 0 bridgehead atoms. The van der Waals surface area contributed by atoms with Gasteiger partial charge in [0.15, 0.2) is 5.03 Å². The second-order valence-corrected chi connectivity index (χ2v) is 5.42. The Kier molecular flexibility index (Phi) is 3.73. The van der Waals surface area contributed by atoms with E-state index in [0.29, 0.717) is 0 Å². The molecule has 11 heteroatoms. The maximum absolute atomic E-state index is 11.9. The van der Waals surface area contributed by atoms with Gasteiger partial charge in [0.25, 0.3) is 15.6 Å². The lowest BCUT2D eigenvalue weighted by Crippen LogP contribution is -2.26. The molecule has 0 aliphatic rings. The number of alkyl halides is 3. The van der Waals surface area contributed by atoms with Crippen molar-refractivity contribution in [3.8, 4) is 5.75 Å². The van der Waals surface area contributed by atoms with Gasteiger partial charge in [-0.2, -0.15) is 0 Å². The molecule has 0 aliphatic heterocycles. The number of nitrogens with two attached hydrogens (primary N) is 1. The van der Waals surface area contributed by atoms with Crippen molar-refractivity contribution in [2.75, 3.05) is 0 Å². The maximum Gasteiger partial charge on any atom is 0.573 e. The standard InChI is InChI=1S/C6H4F3IN2O4S/c7-6(8,9)16-4-2(10)1-3(12-5(4)13)17(11,14)15/h1H,(H,12,13)(H2,11,14,15). The van der Waals surface area contributed by atoms with Crippen molar-refractivity contribution in [3.05, 3.63) is 20.0 Å².